The fourth-order valence-corrected chi connectivity index (χ4v) is 3.88. The quantitative estimate of drug-likeness (QED) is 0.566. The molecule has 0 aliphatic heterocycles. The van der Waals surface area contributed by atoms with Gasteiger partial charge >= 0.3 is 11.9 Å². The highest BCUT2D eigenvalue weighted by atomic mass is 16.5. The van der Waals surface area contributed by atoms with E-state index in [1.807, 2.05) is 6.92 Å². The molecule has 1 saturated carbocycles. The van der Waals surface area contributed by atoms with Gasteiger partial charge in [-0.15, -0.1) is 0 Å². The van der Waals surface area contributed by atoms with E-state index in [4.69, 9.17) is 9.47 Å². The summed E-state index contributed by atoms with van der Waals surface area (Å²) in [5.74, 6) is -0.426. The van der Waals surface area contributed by atoms with Crippen molar-refractivity contribution in [3.05, 3.63) is 12.2 Å². The van der Waals surface area contributed by atoms with Crippen LogP contribution in [0.5, 0.6) is 0 Å². The zero-order valence-electron chi connectivity index (χ0n) is 11.8. The summed E-state index contributed by atoms with van der Waals surface area (Å²) < 4.78 is 9.97. The second-order valence-corrected chi connectivity index (χ2v) is 5.59. The Bertz CT molecular complexity index is 401. The molecule has 2 rings (SSSR count). The van der Waals surface area contributed by atoms with E-state index in [-0.39, 0.29) is 17.9 Å². The van der Waals surface area contributed by atoms with Crippen molar-refractivity contribution in [1.29, 1.82) is 0 Å². The van der Waals surface area contributed by atoms with Gasteiger partial charge < -0.3 is 9.47 Å². The van der Waals surface area contributed by atoms with Crippen molar-refractivity contribution in [2.24, 2.45) is 23.2 Å². The van der Waals surface area contributed by atoms with E-state index in [2.05, 4.69) is 12.2 Å². The van der Waals surface area contributed by atoms with Crippen LogP contribution in [0, 0.1) is 23.2 Å². The number of ether oxygens (including phenoxy) is 2. The molecule has 1 fully saturated rings. The highest BCUT2D eigenvalue weighted by Gasteiger charge is 2.60. The van der Waals surface area contributed by atoms with Crippen LogP contribution in [0.15, 0.2) is 12.2 Å². The molecule has 106 valence electrons. The standard InChI is InChI=1S/C15H22O4/c1-4-5-12(13(16)18-2)15(14(17)19-3)9-10-6-7-11(15)8-10/h6-7,10-12H,4-5,8-9H2,1-3H3. The van der Waals surface area contributed by atoms with Crippen LogP contribution in [-0.4, -0.2) is 26.2 Å². The van der Waals surface area contributed by atoms with Crippen molar-refractivity contribution in [2.45, 2.75) is 32.6 Å². The molecule has 0 heterocycles. The predicted molar refractivity (Wildman–Crippen MR) is 70.2 cm³/mol. The number of methoxy groups -OCH3 is 2. The summed E-state index contributed by atoms with van der Waals surface area (Å²) in [4.78, 5) is 24.5. The fourth-order valence-electron chi connectivity index (χ4n) is 3.88. The third-order valence-electron chi connectivity index (χ3n) is 4.68. The van der Waals surface area contributed by atoms with Gasteiger partial charge in [0.25, 0.3) is 0 Å². The Morgan fingerprint density at radius 2 is 2.05 bits per heavy atom. The van der Waals surface area contributed by atoms with E-state index < -0.39 is 11.3 Å². The lowest BCUT2D eigenvalue weighted by molar-refractivity contribution is -0.169. The molecular formula is C15H22O4. The van der Waals surface area contributed by atoms with Gasteiger partial charge in [0.2, 0.25) is 0 Å². The second-order valence-electron chi connectivity index (χ2n) is 5.59. The van der Waals surface area contributed by atoms with Crippen LogP contribution in [0.25, 0.3) is 0 Å². The van der Waals surface area contributed by atoms with Crippen molar-refractivity contribution in [2.75, 3.05) is 14.2 Å². The number of carbonyl (C=O) groups excluding carboxylic acids is 2. The van der Waals surface area contributed by atoms with Crippen molar-refractivity contribution in [1.82, 2.24) is 0 Å². The Morgan fingerprint density at radius 3 is 2.47 bits per heavy atom. The molecule has 4 unspecified atom stereocenters. The van der Waals surface area contributed by atoms with Gasteiger partial charge in [-0.1, -0.05) is 25.5 Å². The minimum atomic E-state index is -0.711. The molecule has 0 aromatic carbocycles. The topological polar surface area (TPSA) is 52.6 Å². The average Bonchev–Trinajstić information content (AvgIpc) is 3.04. The monoisotopic (exact) mass is 266 g/mol. The maximum Gasteiger partial charge on any atom is 0.313 e. The van der Waals surface area contributed by atoms with Gasteiger partial charge in [-0.25, -0.2) is 0 Å². The van der Waals surface area contributed by atoms with Crippen LogP contribution < -0.4 is 0 Å². The first-order chi connectivity index (χ1) is 9.09. The molecule has 2 bridgehead atoms. The van der Waals surface area contributed by atoms with Gasteiger partial charge in [0.15, 0.2) is 0 Å². The number of hydrogen-bond donors (Lipinski definition) is 0. The molecule has 0 aromatic rings. The van der Waals surface area contributed by atoms with E-state index in [1.54, 1.807) is 0 Å². The van der Waals surface area contributed by atoms with Crippen molar-refractivity contribution < 1.29 is 19.1 Å². The zero-order chi connectivity index (χ0) is 14.0. The number of carbonyl (C=O) groups is 2. The Morgan fingerprint density at radius 1 is 1.32 bits per heavy atom. The van der Waals surface area contributed by atoms with Crippen molar-refractivity contribution in [3.63, 3.8) is 0 Å². The Hall–Kier alpha value is -1.32. The number of hydrogen-bond acceptors (Lipinski definition) is 4. The number of allylic oxidation sites excluding steroid dienone is 2. The summed E-state index contributed by atoms with van der Waals surface area (Å²) in [5, 5.41) is 0. The summed E-state index contributed by atoms with van der Waals surface area (Å²) in [6.07, 6.45) is 7.41. The van der Waals surface area contributed by atoms with E-state index in [0.717, 1.165) is 12.8 Å². The van der Waals surface area contributed by atoms with Gasteiger partial charge in [0, 0.05) is 0 Å². The molecule has 4 heteroatoms. The minimum absolute atomic E-state index is 0.112. The van der Waals surface area contributed by atoms with Crippen LogP contribution in [0.4, 0.5) is 0 Å². The van der Waals surface area contributed by atoms with Crippen LogP contribution >= 0.6 is 0 Å². The molecule has 4 nitrogen and oxygen atoms in total. The molecule has 0 radical (unpaired) electrons. The highest BCUT2D eigenvalue weighted by Crippen LogP contribution is 2.57. The molecule has 19 heavy (non-hydrogen) atoms. The fraction of sp³-hybridized carbons (Fsp3) is 0.733. The maximum atomic E-state index is 12.4. The lowest BCUT2D eigenvalue weighted by Gasteiger charge is -2.38. The van der Waals surface area contributed by atoms with Gasteiger partial charge in [0.1, 0.15) is 0 Å². The number of esters is 2. The summed E-state index contributed by atoms with van der Waals surface area (Å²) >= 11 is 0. The van der Waals surface area contributed by atoms with Crippen LogP contribution in [0.2, 0.25) is 0 Å². The molecule has 0 saturated heterocycles. The van der Waals surface area contributed by atoms with E-state index >= 15 is 0 Å². The Kier molecular flexibility index (Phi) is 3.97. The predicted octanol–water partition coefficient (Wildman–Crippen LogP) is 2.33. The van der Waals surface area contributed by atoms with E-state index in [1.165, 1.54) is 14.2 Å². The van der Waals surface area contributed by atoms with Gasteiger partial charge in [-0.3, -0.25) is 9.59 Å². The second kappa shape index (κ2) is 5.35. The smallest absolute Gasteiger partial charge is 0.313 e. The first kappa shape index (κ1) is 14.1. The molecule has 2 aliphatic rings. The highest BCUT2D eigenvalue weighted by molar-refractivity contribution is 5.86. The number of rotatable bonds is 5. The van der Waals surface area contributed by atoms with Crippen LogP contribution in [-0.2, 0) is 19.1 Å². The number of fused-ring (bicyclic) bond motifs is 2. The van der Waals surface area contributed by atoms with Crippen LogP contribution in [0.3, 0.4) is 0 Å². The first-order valence-electron chi connectivity index (χ1n) is 6.94. The largest absolute Gasteiger partial charge is 0.469 e. The molecule has 0 spiro atoms. The third-order valence-corrected chi connectivity index (χ3v) is 4.68. The lowest BCUT2D eigenvalue weighted by Crippen LogP contribution is -2.46. The van der Waals surface area contributed by atoms with E-state index in [0.29, 0.717) is 18.8 Å². The molecule has 0 N–H and O–H groups in total. The van der Waals surface area contributed by atoms with Gasteiger partial charge in [-0.2, -0.15) is 0 Å². The lowest BCUT2D eigenvalue weighted by atomic mass is 9.65. The summed E-state index contributed by atoms with van der Waals surface area (Å²) in [6, 6.07) is 0. The van der Waals surface area contributed by atoms with Gasteiger partial charge in [0.05, 0.1) is 25.6 Å². The molecule has 0 amide bonds. The minimum Gasteiger partial charge on any atom is -0.469 e. The summed E-state index contributed by atoms with van der Waals surface area (Å²) in [5.41, 5.74) is -0.711. The van der Waals surface area contributed by atoms with Gasteiger partial charge in [-0.05, 0) is 31.1 Å². The zero-order valence-corrected chi connectivity index (χ0v) is 11.8. The maximum absolute atomic E-state index is 12.4. The Balaban J connectivity index is 2.39. The van der Waals surface area contributed by atoms with Crippen LogP contribution in [0.1, 0.15) is 32.6 Å². The van der Waals surface area contributed by atoms with E-state index in [9.17, 15) is 9.59 Å². The summed E-state index contributed by atoms with van der Waals surface area (Å²) in [7, 11) is 2.79. The molecule has 2 aliphatic carbocycles. The third kappa shape index (κ3) is 2.07. The normalized spacial score (nSPS) is 33.2. The Labute approximate surface area is 114 Å². The molecular weight excluding hydrogens is 244 g/mol. The molecule has 4 atom stereocenters. The first-order valence-corrected chi connectivity index (χ1v) is 6.94. The SMILES string of the molecule is CCCC(C(=O)OC)C1(C(=O)OC)CC2C=CC1C2. The van der Waals surface area contributed by atoms with Crippen molar-refractivity contribution >= 4 is 11.9 Å². The molecule has 0 aromatic heterocycles. The average molecular weight is 266 g/mol. The van der Waals surface area contributed by atoms with Crippen molar-refractivity contribution in [3.8, 4) is 0 Å². The summed E-state index contributed by atoms with van der Waals surface area (Å²) in [6.45, 7) is 2.02.